The van der Waals surface area contributed by atoms with Crippen LogP contribution in [0.15, 0.2) is 85.5 Å². The molecule has 11 heteroatoms. The Hall–Kier alpha value is -4.77. The highest BCUT2D eigenvalue weighted by atomic mass is 19.1. The zero-order valence-electron chi connectivity index (χ0n) is 22.8. The molecule has 0 radical (unpaired) electrons. The number of amides is 4. The van der Waals surface area contributed by atoms with Gasteiger partial charge in [0.15, 0.2) is 0 Å². The number of fused-ring (bicyclic) bond motifs is 1. The number of halogens is 2. The summed E-state index contributed by atoms with van der Waals surface area (Å²) in [6, 6.07) is 17.3. The summed E-state index contributed by atoms with van der Waals surface area (Å²) in [4.78, 5) is 44.1. The van der Waals surface area contributed by atoms with Crippen molar-refractivity contribution in [2.24, 2.45) is 0 Å². The topological polar surface area (TPSA) is 96.4 Å². The van der Waals surface area contributed by atoms with Gasteiger partial charge in [0.05, 0.1) is 13.1 Å². The normalized spacial score (nSPS) is 19.0. The van der Waals surface area contributed by atoms with Gasteiger partial charge >= 0.3 is 6.03 Å². The molecule has 0 aliphatic carbocycles. The lowest BCUT2D eigenvalue weighted by Gasteiger charge is -2.55. The van der Waals surface area contributed by atoms with Crippen LogP contribution in [0.5, 0.6) is 5.75 Å². The molecule has 2 aliphatic heterocycles. The van der Waals surface area contributed by atoms with Crippen LogP contribution in [0, 0.1) is 11.6 Å². The molecule has 0 unspecified atom stereocenters. The fourth-order valence-electron chi connectivity index (χ4n) is 5.41. The van der Waals surface area contributed by atoms with Gasteiger partial charge in [0.25, 0.3) is 0 Å². The third-order valence-corrected chi connectivity index (χ3v) is 7.41. The van der Waals surface area contributed by atoms with E-state index in [1.807, 2.05) is 30.3 Å². The van der Waals surface area contributed by atoms with Crippen molar-refractivity contribution < 1.29 is 28.3 Å². The second-order valence-electron chi connectivity index (χ2n) is 10.2. The Kier molecular flexibility index (Phi) is 8.48. The Morgan fingerprint density at radius 2 is 1.76 bits per heavy atom. The SMILES string of the molecule is C=CCN1CC(=O)N2[C@@H](CN(Cc3ccc(F)cc3F)C(=O)[C@@H]2Cc2ccc(O)cc2)N1C(=O)NCc1ccccc1. The first-order valence-corrected chi connectivity index (χ1v) is 13.5. The molecule has 4 amide bonds. The van der Waals surface area contributed by atoms with Gasteiger partial charge in [-0.3, -0.25) is 9.59 Å². The van der Waals surface area contributed by atoms with Gasteiger partial charge in [0.2, 0.25) is 11.8 Å². The Morgan fingerprint density at radius 3 is 2.45 bits per heavy atom. The lowest BCUT2D eigenvalue weighted by molar-refractivity contribution is -0.189. The standard InChI is InChI=1S/C31H31F2N5O4/c1-2-14-36-20-29(40)37-27(15-21-8-12-25(39)13-9-21)30(41)35(18-23-10-11-24(32)16-26(23)33)19-28(37)38(36)31(42)34-17-22-6-4-3-5-7-22/h2-13,16,27-28,39H,1,14-15,17-20H2,(H,34,42)/t27-,28+/m0/s1. The second-order valence-corrected chi connectivity index (χ2v) is 10.2. The monoisotopic (exact) mass is 575 g/mol. The zero-order valence-corrected chi connectivity index (χ0v) is 22.8. The number of rotatable bonds is 8. The number of nitrogens with one attached hydrogen (secondary N) is 1. The summed E-state index contributed by atoms with van der Waals surface area (Å²) in [7, 11) is 0. The lowest BCUT2D eigenvalue weighted by Crippen LogP contribution is -2.76. The smallest absolute Gasteiger partial charge is 0.334 e. The minimum Gasteiger partial charge on any atom is -0.508 e. The van der Waals surface area contributed by atoms with Crippen molar-refractivity contribution in [2.75, 3.05) is 19.6 Å². The van der Waals surface area contributed by atoms with Crippen LogP contribution in [0.4, 0.5) is 13.6 Å². The predicted octanol–water partition coefficient (Wildman–Crippen LogP) is 3.41. The predicted molar refractivity (Wildman–Crippen MR) is 150 cm³/mol. The van der Waals surface area contributed by atoms with Gasteiger partial charge in [-0.25, -0.2) is 23.6 Å². The number of hydrogen-bond donors (Lipinski definition) is 2. The number of phenols is 1. The number of carbonyl (C=O) groups excluding carboxylic acids is 3. The number of piperazine rings is 1. The molecule has 2 atom stereocenters. The molecular weight excluding hydrogens is 544 g/mol. The van der Waals surface area contributed by atoms with E-state index in [0.717, 1.165) is 17.7 Å². The third-order valence-electron chi connectivity index (χ3n) is 7.41. The lowest BCUT2D eigenvalue weighted by atomic mass is 9.98. The summed E-state index contributed by atoms with van der Waals surface area (Å²) < 4.78 is 28.3. The summed E-state index contributed by atoms with van der Waals surface area (Å²) in [5, 5.41) is 15.6. The molecule has 0 aromatic heterocycles. The summed E-state index contributed by atoms with van der Waals surface area (Å²) in [6.45, 7) is 3.75. The van der Waals surface area contributed by atoms with Gasteiger partial charge in [0, 0.05) is 37.7 Å². The van der Waals surface area contributed by atoms with Crippen molar-refractivity contribution in [1.29, 1.82) is 0 Å². The molecule has 42 heavy (non-hydrogen) atoms. The van der Waals surface area contributed by atoms with E-state index in [9.17, 15) is 28.3 Å². The number of carbonyl (C=O) groups is 3. The maximum absolute atomic E-state index is 14.7. The molecular formula is C31H31F2N5O4. The quantitative estimate of drug-likeness (QED) is 0.402. The summed E-state index contributed by atoms with van der Waals surface area (Å²) in [5.74, 6) is -2.27. The first-order chi connectivity index (χ1) is 20.2. The molecule has 0 bridgehead atoms. The molecule has 218 valence electrons. The highest BCUT2D eigenvalue weighted by molar-refractivity contribution is 5.91. The Balaban J connectivity index is 1.50. The van der Waals surface area contributed by atoms with E-state index < -0.39 is 35.8 Å². The average Bonchev–Trinajstić information content (AvgIpc) is 2.97. The van der Waals surface area contributed by atoms with Gasteiger partial charge in [-0.05, 0) is 29.3 Å². The van der Waals surface area contributed by atoms with Crippen LogP contribution in [-0.4, -0.2) is 74.6 Å². The zero-order chi connectivity index (χ0) is 29.8. The molecule has 2 fully saturated rings. The minimum atomic E-state index is -1.01. The van der Waals surface area contributed by atoms with Crippen LogP contribution >= 0.6 is 0 Å². The molecule has 5 rings (SSSR count). The van der Waals surface area contributed by atoms with Crippen LogP contribution in [0.2, 0.25) is 0 Å². The number of hydrogen-bond acceptors (Lipinski definition) is 5. The van der Waals surface area contributed by atoms with E-state index in [1.54, 1.807) is 23.2 Å². The highest BCUT2D eigenvalue weighted by Crippen LogP contribution is 2.30. The molecule has 2 saturated heterocycles. The number of urea groups is 1. The Morgan fingerprint density at radius 1 is 1.02 bits per heavy atom. The molecule has 2 aliphatic rings. The van der Waals surface area contributed by atoms with Gasteiger partial charge < -0.3 is 20.2 Å². The van der Waals surface area contributed by atoms with Crippen molar-refractivity contribution in [3.8, 4) is 5.75 Å². The number of phenolic OH excluding ortho intramolecular Hbond substituents is 1. The maximum atomic E-state index is 14.7. The van der Waals surface area contributed by atoms with Crippen molar-refractivity contribution in [3.05, 3.63) is 114 Å². The first-order valence-electron chi connectivity index (χ1n) is 13.5. The van der Waals surface area contributed by atoms with Crippen molar-refractivity contribution >= 4 is 17.8 Å². The van der Waals surface area contributed by atoms with Gasteiger partial charge in [0.1, 0.15) is 29.6 Å². The molecule has 0 spiro atoms. The number of hydrazine groups is 1. The van der Waals surface area contributed by atoms with Gasteiger partial charge in [-0.15, -0.1) is 6.58 Å². The van der Waals surface area contributed by atoms with E-state index in [4.69, 9.17) is 0 Å². The first kappa shape index (κ1) is 28.7. The molecule has 0 saturated carbocycles. The molecule has 9 nitrogen and oxygen atoms in total. The van der Waals surface area contributed by atoms with Crippen LogP contribution in [0.25, 0.3) is 0 Å². The largest absolute Gasteiger partial charge is 0.508 e. The molecule has 2 N–H and O–H groups in total. The third kappa shape index (κ3) is 6.10. The van der Waals surface area contributed by atoms with E-state index in [-0.39, 0.29) is 56.4 Å². The van der Waals surface area contributed by atoms with Crippen molar-refractivity contribution in [1.82, 2.24) is 25.1 Å². The fraction of sp³-hybridized carbons (Fsp3) is 0.258. The van der Waals surface area contributed by atoms with Gasteiger partial charge in [-0.1, -0.05) is 54.6 Å². The van der Waals surface area contributed by atoms with E-state index in [2.05, 4.69) is 11.9 Å². The van der Waals surface area contributed by atoms with Crippen molar-refractivity contribution in [3.63, 3.8) is 0 Å². The van der Waals surface area contributed by atoms with E-state index >= 15 is 0 Å². The van der Waals surface area contributed by atoms with Crippen LogP contribution in [0.3, 0.4) is 0 Å². The molecule has 3 aromatic rings. The fourth-order valence-corrected chi connectivity index (χ4v) is 5.41. The second kappa shape index (κ2) is 12.4. The van der Waals surface area contributed by atoms with Crippen LogP contribution < -0.4 is 5.32 Å². The summed E-state index contributed by atoms with van der Waals surface area (Å²) in [5.41, 5.74) is 1.66. The number of nitrogens with zero attached hydrogens (tertiary/aromatic N) is 4. The Bertz CT molecular complexity index is 1470. The maximum Gasteiger partial charge on any atom is 0.334 e. The number of aromatic hydroxyl groups is 1. The molecule has 2 heterocycles. The summed E-state index contributed by atoms with van der Waals surface area (Å²) >= 11 is 0. The van der Waals surface area contributed by atoms with Crippen molar-refractivity contribution in [2.45, 2.75) is 31.7 Å². The minimum absolute atomic E-state index is 0.0513. The molecule has 3 aromatic carbocycles. The Labute approximate surface area is 242 Å². The number of benzene rings is 3. The van der Waals surface area contributed by atoms with Crippen LogP contribution in [0.1, 0.15) is 16.7 Å². The summed E-state index contributed by atoms with van der Waals surface area (Å²) in [6.07, 6.45) is 0.767. The highest BCUT2D eigenvalue weighted by Gasteiger charge is 2.51. The van der Waals surface area contributed by atoms with Gasteiger partial charge in [-0.2, -0.15) is 0 Å². The van der Waals surface area contributed by atoms with E-state index in [0.29, 0.717) is 5.56 Å². The van der Waals surface area contributed by atoms with Crippen LogP contribution in [-0.2, 0) is 29.1 Å². The van der Waals surface area contributed by atoms with E-state index in [1.165, 1.54) is 33.0 Å². The average molecular weight is 576 g/mol.